The number of carbonyl (C=O) groups is 2. The predicted octanol–water partition coefficient (Wildman–Crippen LogP) is 1.65. The van der Waals surface area contributed by atoms with Gasteiger partial charge in [-0.25, -0.2) is 9.59 Å². The number of carboxylic acids is 1. The van der Waals surface area contributed by atoms with Gasteiger partial charge in [0.25, 0.3) is 0 Å². The van der Waals surface area contributed by atoms with Gasteiger partial charge >= 0.3 is 12.0 Å². The van der Waals surface area contributed by atoms with Gasteiger partial charge in [0.15, 0.2) is 11.4 Å². The van der Waals surface area contributed by atoms with Crippen molar-refractivity contribution < 1.29 is 19.8 Å². The fourth-order valence-electron chi connectivity index (χ4n) is 2.73. The highest BCUT2D eigenvalue weighted by Crippen LogP contribution is 2.29. The third-order valence-corrected chi connectivity index (χ3v) is 4.14. The molecule has 8 heteroatoms. The monoisotopic (exact) mass is 324 g/mol. The number of carboxylic acid groups (broad SMARTS) is 1. The van der Waals surface area contributed by atoms with Gasteiger partial charge in [-0.05, 0) is 26.7 Å². The van der Waals surface area contributed by atoms with Gasteiger partial charge in [-0.15, -0.1) is 0 Å². The number of aliphatic hydroxyl groups is 1. The standard InChI is InChI=1S/C15H24N4O4/c1-10-8-12(18-19(10)11-6-4-3-5-7-11)17-14(22)16-9-15(2,23)13(20)21/h8,11,23H,3-7,9H2,1-2H3,(H,20,21)(H2,16,17,18,22). The zero-order valence-corrected chi connectivity index (χ0v) is 13.5. The maximum atomic E-state index is 11.8. The first-order valence-electron chi connectivity index (χ1n) is 7.86. The molecule has 0 bridgehead atoms. The molecule has 0 aromatic carbocycles. The molecule has 4 N–H and O–H groups in total. The van der Waals surface area contributed by atoms with Crippen molar-refractivity contribution in [2.75, 3.05) is 11.9 Å². The van der Waals surface area contributed by atoms with Crippen LogP contribution in [-0.2, 0) is 4.79 Å². The molecule has 0 radical (unpaired) electrons. The van der Waals surface area contributed by atoms with Crippen molar-refractivity contribution in [1.29, 1.82) is 0 Å². The molecule has 1 aromatic heterocycles. The highest BCUT2D eigenvalue weighted by molar-refractivity contribution is 5.89. The number of hydrogen-bond acceptors (Lipinski definition) is 4. The van der Waals surface area contributed by atoms with Crippen LogP contribution in [0.2, 0.25) is 0 Å². The topological polar surface area (TPSA) is 116 Å². The van der Waals surface area contributed by atoms with Crippen LogP contribution in [0.5, 0.6) is 0 Å². The molecule has 0 saturated heterocycles. The van der Waals surface area contributed by atoms with Crippen molar-refractivity contribution >= 4 is 17.8 Å². The summed E-state index contributed by atoms with van der Waals surface area (Å²) in [6.07, 6.45) is 5.83. The van der Waals surface area contributed by atoms with Crippen molar-refractivity contribution in [2.24, 2.45) is 0 Å². The Morgan fingerprint density at radius 2 is 2.04 bits per heavy atom. The Morgan fingerprint density at radius 1 is 1.39 bits per heavy atom. The van der Waals surface area contributed by atoms with Crippen LogP contribution in [0.4, 0.5) is 10.6 Å². The third kappa shape index (κ3) is 4.44. The second kappa shape index (κ2) is 6.99. The molecule has 1 aromatic rings. The molecule has 2 amide bonds. The van der Waals surface area contributed by atoms with Crippen LogP contribution < -0.4 is 10.6 Å². The lowest BCUT2D eigenvalue weighted by Crippen LogP contribution is -2.47. The van der Waals surface area contributed by atoms with Crippen molar-refractivity contribution in [1.82, 2.24) is 15.1 Å². The van der Waals surface area contributed by atoms with Crippen LogP contribution in [-0.4, -0.2) is 44.1 Å². The molecular weight excluding hydrogens is 300 g/mol. The highest BCUT2D eigenvalue weighted by Gasteiger charge is 2.30. The van der Waals surface area contributed by atoms with E-state index in [2.05, 4.69) is 15.7 Å². The van der Waals surface area contributed by atoms with E-state index in [1.165, 1.54) is 19.3 Å². The van der Waals surface area contributed by atoms with Crippen LogP contribution in [0.1, 0.15) is 50.8 Å². The fraction of sp³-hybridized carbons (Fsp3) is 0.667. The lowest BCUT2D eigenvalue weighted by molar-refractivity contribution is -0.155. The Balaban J connectivity index is 1.92. The van der Waals surface area contributed by atoms with Gasteiger partial charge in [0.1, 0.15) is 0 Å². The maximum Gasteiger partial charge on any atom is 0.337 e. The molecule has 1 aliphatic rings. The van der Waals surface area contributed by atoms with Crippen LogP contribution in [0, 0.1) is 6.92 Å². The minimum Gasteiger partial charge on any atom is -0.479 e. The van der Waals surface area contributed by atoms with Crippen molar-refractivity contribution in [3.05, 3.63) is 11.8 Å². The first kappa shape index (κ1) is 17.3. The summed E-state index contributed by atoms with van der Waals surface area (Å²) in [6, 6.07) is 1.55. The Morgan fingerprint density at radius 3 is 2.65 bits per heavy atom. The van der Waals surface area contributed by atoms with Gasteiger partial charge in [-0.1, -0.05) is 19.3 Å². The number of urea groups is 1. The summed E-state index contributed by atoms with van der Waals surface area (Å²) in [5, 5.41) is 27.7. The number of amides is 2. The molecule has 8 nitrogen and oxygen atoms in total. The number of aryl methyl sites for hydroxylation is 1. The number of nitrogens with zero attached hydrogens (tertiary/aromatic N) is 2. The highest BCUT2D eigenvalue weighted by atomic mass is 16.4. The molecule has 1 fully saturated rings. The number of rotatable bonds is 5. The van der Waals surface area contributed by atoms with E-state index in [1.54, 1.807) is 6.07 Å². The Labute approximate surface area is 134 Å². The van der Waals surface area contributed by atoms with Crippen LogP contribution in [0.15, 0.2) is 6.07 Å². The van der Waals surface area contributed by atoms with E-state index in [0.717, 1.165) is 25.5 Å². The molecule has 2 rings (SSSR count). The first-order valence-corrected chi connectivity index (χ1v) is 7.86. The second-order valence-corrected chi connectivity index (χ2v) is 6.29. The van der Waals surface area contributed by atoms with E-state index in [-0.39, 0.29) is 0 Å². The summed E-state index contributed by atoms with van der Waals surface area (Å²) in [6.45, 7) is 2.67. The van der Waals surface area contributed by atoms with Crippen molar-refractivity contribution in [3.8, 4) is 0 Å². The van der Waals surface area contributed by atoms with Gasteiger partial charge in [0.05, 0.1) is 12.6 Å². The molecule has 0 aliphatic heterocycles. The average Bonchev–Trinajstić information content (AvgIpc) is 2.86. The minimum atomic E-state index is -2.01. The van der Waals surface area contributed by atoms with Gasteiger partial charge < -0.3 is 15.5 Å². The van der Waals surface area contributed by atoms with Crippen LogP contribution >= 0.6 is 0 Å². The lowest BCUT2D eigenvalue weighted by Gasteiger charge is -2.23. The van der Waals surface area contributed by atoms with Crippen molar-refractivity contribution in [2.45, 2.75) is 57.6 Å². The quantitative estimate of drug-likeness (QED) is 0.657. The summed E-state index contributed by atoms with van der Waals surface area (Å²) >= 11 is 0. The SMILES string of the molecule is Cc1cc(NC(=O)NCC(C)(O)C(=O)O)nn1C1CCCCC1. The Bertz CT molecular complexity index is 576. The third-order valence-electron chi connectivity index (χ3n) is 4.14. The number of aliphatic carboxylic acids is 1. The van der Waals surface area contributed by atoms with E-state index >= 15 is 0 Å². The summed E-state index contributed by atoms with van der Waals surface area (Å²) in [4.78, 5) is 22.6. The Kier molecular flexibility index (Phi) is 5.25. The molecule has 0 spiro atoms. The number of aromatic nitrogens is 2. The van der Waals surface area contributed by atoms with Crippen molar-refractivity contribution in [3.63, 3.8) is 0 Å². The second-order valence-electron chi connectivity index (χ2n) is 6.29. The fourth-order valence-corrected chi connectivity index (χ4v) is 2.73. The summed E-state index contributed by atoms with van der Waals surface area (Å²) in [5.74, 6) is -0.976. The van der Waals surface area contributed by atoms with E-state index in [9.17, 15) is 14.7 Å². The molecule has 1 heterocycles. The van der Waals surface area contributed by atoms with E-state index in [0.29, 0.717) is 11.9 Å². The lowest BCUT2D eigenvalue weighted by atomic mass is 9.95. The molecule has 128 valence electrons. The summed E-state index contributed by atoms with van der Waals surface area (Å²) in [7, 11) is 0. The number of anilines is 1. The number of carbonyl (C=O) groups excluding carboxylic acids is 1. The van der Waals surface area contributed by atoms with E-state index in [4.69, 9.17) is 5.11 Å². The zero-order valence-electron chi connectivity index (χ0n) is 13.5. The molecule has 23 heavy (non-hydrogen) atoms. The Hall–Kier alpha value is -2.09. The van der Waals surface area contributed by atoms with Gasteiger partial charge in [0.2, 0.25) is 0 Å². The molecule has 1 saturated carbocycles. The van der Waals surface area contributed by atoms with E-state index < -0.39 is 24.1 Å². The normalized spacial score (nSPS) is 18.2. The molecule has 1 atom stereocenters. The summed E-state index contributed by atoms with van der Waals surface area (Å²) < 4.78 is 1.95. The van der Waals surface area contributed by atoms with Gasteiger partial charge in [-0.2, -0.15) is 5.10 Å². The van der Waals surface area contributed by atoms with Crippen LogP contribution in [0.3, 0.4) is 0 Å². The summed E-state index contributed by atoms with van der Waals surface area (Å²) in [5.41, 5.74) is -1.03. The number of hydrogen-bond donors (Lipinski definition) is 4. The van der Waals surface area contributed by atoms with Gasteiger partial charge in [-0.3, -0.25) is 10.00 Å². The molecular formula is C15H24N4O4. The first-order chi connectivity index (χ1) is 10.8. The van der Waals surface area contributed by atoms with E-state index in [1.807, 2.05) is 11.6 Å². The molecule has 1 aliphatic carbocycles. The average molecular weight is 324 g/mol. The number of nitrogens with one attached hydrogen (secondary N) is 2. The van der Waals surface area contributed by atoms with Crippen LogP contribution in [0.25, 0.3) is 0 Å². The smallest absolute Gasteiger partial charge is 0.337 e. The minimum absolute atomic E-state index is 0.370. The largest absolute Gasteiger partial charge is 0.479 e. The zero-order chi connectivity index (χ0) is 17.0. The molecule has 1 unspecified atom stereocenters. The van der Waals surface area contributed by atoms with Gasteiger partial charge in [0, 0.05) is 11.8 Å². The predicted molar refractivity (Wildman–Crippen MR) is 84.4 cm³/mol. The maximum absolute atomic E-state index is 11.8.